The van der Waals surface area contributed by atoms with Gasteiger partial charge in [-0.2, -0.15) is 10.5 Å². The average Bonchev–Trinajstić information content (AvgIpc) is 3.67. The van der Waals surface area contributed by atoms with Gasteiger partial charge in [-0.3, -0.25) is 0 Å². The van der Waals surface area contributed by atoms with E-state index in [1.54, 1.807) is 6.08 Å². The van der Waals surface area contributed by atoms with Crippen molar-refractivity contribution in [3.8, 4) is 34.6 Å². The second-order valence-corrected chi connectivity index (χ2v) is 12.8. The number of nitriles is 2. The van der Waals surface area contributed by atoms with Crippen molar-refractivity contribution >= 4 is 43.6 Å². The molecule has 0 N–H and O–H groups in total. The van der Waals surface area contributed by atoms with Crippen LogP contribution >= 0.6 is 0 Å². The first-order valence-electron chi connectivity index (χ1n) is 16.6. The van der Waals surface area contributed by atoms with Gasteiger partial charge >= 0.3 is 0 Å². The van der Waals surface area contributed by atoms with E-state index in [1.165, 1.54) is 16.2 Å². The number of hydrogen-bond acceptors (Lipinski definition) is 2. The van der Waals surface area contributed by atoms with Crippen LogP contribution in [0.2, 0.25) is 0 Å². The van der Waals surface area contributed by atoms with E-state index in [9.17, 15) is 10.5 Å². The van der Waals surface area contributed by atoms with Crippen LogP contribution in [0.4, 0.5) is 0 Å². The molecular formula is C45H30N4. The van der Waals surface area contributed by atoms with Gasteiger partial charge in [-0.25, -0.2) is 0 Å². The minimum Gasteiger partial charge on any atom is -0.309 e. The van der Waals surface area contributed by atoms with Crippen molar-refractivity contribution in [3.63, 3.8) is 0 Å². The summed E-state index contributed by atoms with van der Waals surface area (Å²) in [7, 11) is 0. The molecule has 2 unspecified atom stereocenters. The summed E-state index contributed by atoms with van der Waals surface area (Å²) in [5, 5.41) is 24.9. The van der Waals surface area contributed by atoms with Gasteiger partial charge in [0.2, 0.25) is 0 Å². The van der Waals surface area contributed by atoms with Gasteiger partial charge in [0.25, 0.3) is 0 Å². The van der Waals surface area contributed by atoms with Crippen LogP contribution in [0.5, 0.6) is 0 Å². The van der Waals surface area contributed by atoms with E-state index in [-0.39, 0.29) is 11.8 Å². The van der Waals surface area contributed by atoms with E-state index in [1.807, 2.05) is 18.2 Å². The molecule has 0 spiro atoms. The third kappa shape index (κ3) is 4.43. The van der Waals surface area contributed by atoms with Crippen LogP contribution in [0.25, 0.3) is 66.1 Å². The van der Waals surface area contributed by atoms with Gasteiger partial charge < -0.3 is 9.13 Å². The summed E-state index contributed by atoms with van der Waals surface area (Å²) in [6.45, 7) is 2.10. The Balaban J connectivity index is 1.37. The zero-order valence-electron chi connectivity index (χ0n) is 26.9. The van der Waals surface area contributed by atoms with Gasteiger partial charge in [-0.1, -0.05) is 91.9 Å². The highest BCUT2D eigenvalue weighted by molar-refractivity contribution is 6.13. The maximum absolute atomic E-state index is 10.1. The number of para-hydroxylation sites is 4. The fourth-order valence-electron chi connectivity index (χ4n) is 7.85. The lowest BCUT2D eigenvalue weighted by atomic mass is 9.75. The summed E-state index contributed by atoms with van der Waals surface area (Å²) in [5.41, 5.74) is 11.2. The Hall–Kier alpha value is -6.62. The third-order valence-corrected chi connectivity index (χ3v) is 10.2. The smallest absolute Gasteiger partial charge is 0.0988 e. The van der Waals surface area contributed by atoms with Crippen molar-refractivity contribution in [2.24, 2.45) is 5.92 Å². The maximum atomic E-state index is 10.1. The molecule has 8 aromatic rings. The summed E-state index contributed by atoms with van der Waals surface area (Å²) in [6, 6.07) is 54.3. The summed E-state index contributed by atoms with van der Waals surface area (Å²) >= 11 is 0. The summed E-state index contributed by atoms with van der Waals surface area (Å²) < 4.78 is 4.67. The molecule has 49 heavy (non-hydrogen) atoms. The van der Waals surface area contributed by atoms with Crippen LogP contribution in [-0.4, -0.2) is 9.13 Å². The number of rotatable bonds is 4. The Bertz CT molecular complexity index is 2750. The molecule has 0 amide bonds. The third-order valence-electron chi connectivity index (χ3n) is 10.2. The van der Waals surface area contributed by atoms with Crippen molar-refractivity contribution in [1.29, 1.82) is 10.5 Å². The topological polar surface area (TPSA) is 57.4 Å². The van der Waals surface area contributed by atoms with Crippen molar-refractivity contribution in [2.75, 3.05) is 0 Å². The molecule has 4 heteroatoms. The van der Waals surface area contributed by atoms with Gasteiger partial charge in [0.15, 0.2) is 0 Å². The van der Waals surface area contributed by atoms with Crippen molar-refractivity contribution < 1.29 is 0 Å². The molecular weight excluding hydrogens is 597 g/mol. The van der Waals surface area contributed by atoms with Gasteiger partial charge in [0.05, 0.1) is 34.2 Å². The molecule has 2 heterocycles. The molecule has 0 saturated carbocycles. The van der Waals surface area contributed by atoms with Crippen LogP contribution in [0.1, 0.15) is 18.4 Å². The number of fused-ring (bicyclic) bond motifs is 6. The maximum Gasteiger partial charge on any atom is 0.0988 e. The van der Waals surface area contributed by atoms with Crippen LogP contribution in [0.15, 0.2) is 163 Å². The minimum absolute atomic E-state index is 0.100. The fraction of sp³-hybridized carbons (Fsp3) is 0.0667. The van der Waals surface area contributed by atoms with E-state index < -0.39 is 0 Å². The minimum atomic E-state index is -0.169. The van der Waals surface area contributed by atoms with E-state index in [0.717, 1.165) is 55.5 Å². The van der Waals surface area contributed by atoms with Crippen molar-refractivity contribution in [3.05, 3.63) is 168 Å². The number of hydrogen-bond donors (Lipinski definition) is 0. The van der Waals surface area contributed by atoms with E-state index >= 15 is 0 Å². The highest BCUT2D eigenvalue weighted by Gasteiger charge is 2.29. The largest absolute Gasteiger partial charge is 0.309 e. The number of allylic oxidation sites excluding steroid dienone is 4. The molecule has 2 atom stereocenters. The second-order valence-electron chi connectivity index (χ2n) is 12.8. The molecule has 230 valence electrons. The summed E-state index contributed by atoms with van der Waals surface area (Å²) in [6.07, 6.45) is 3.79. The first-order valence-corrected chi connectivity index (χ1v) is 16.6. The molecule has 9 rings (SSSR count). The summed E-state index contributed by atoms with van der Waals surface area (Å²) in [4.78, 5) is 0. The molecule has 2 aromatic heterocycles. The lowest BCUT2D eigenvalue weighted by Gasteiger charge is -2.27. The van der Waals surface area contributed by atoms with Crippen LogP contribution in [-0.2, 0) is 0 Å². The number of aromatic nitrogens is 2. The Morgan fingerprint density at radius 2 is 1.08 bits per heavy atom. The Morgan fingerprint density at radius 1 is 0.531 bits per heavy atom. The van der Waals surface area contributed by atoms with Crippen LogP contribution in [0, 0.1) is 28.6 Å². The predicted molar refractivity (Wildman–Crippen MR) is 200 cm³/mol. The lowest BCUT2D eigenvalue weighted by Crippen LogP contribution is -2.15. The molecule has 0 saturated heterocycles. The molecule has 6 aromatic carbocycles. The number of nitrogens with zero attached hydrogens (tertiary/aromatic N) is 4. The Kier molecular flexibility index (Phi) is 6.57. The lowest BCUT2D eigenvalue weighted by molar-refractivity contribution is 0.612. The van der Waals surface area contributed by atoms with Crippen molar-refractivity contribution in [1.82, 2.24) is 9.13 Å². The van der Waals surface area contributed by atoms with E-state index in [4.69, 9.17) is 0 Å². The van der Waals surface area contributed by atoms with Gasteiger partial charge in [0, 0.05) is 55.9 Å². The highest BCUT2D eigenvalue weighted by Crippen LogP contribution is 2.45. The molecule has 4 nitrogen and oxygen atoms in total. The quantitative estimate of drug-likeness (QED) is 0.195. The zero-order chi connectivity index (χ0) is 33.1. The molecule has 0 bridgehead atoms. The normalized spacial score (nSPS) is 16.1. The SMILES string of the molecule is CC1C(C#N)=CC(C#N)=CC1c1cc2c(cc1-c1ccc3c(c1)c1ccccc1n3-c1ccccc1)c1ccccc1n2-c1ccccc1. The summed E-state index contributed by atoms with van der Waals surface area (Å²) in [5.74, 6) is -0.270. The average molecular weight is 627 g/mol. The highest BCUT2D eigenvalue weighted by atomic mass is 15.0. The number of benzene rings is 6. The zero-order valence-corrected chi connectivity index (χ0v) is 26.9. The Labute approximate surface area is 284 Å². The van der Waals surface area contributed by atoms with E-state index in [2.05, 4.69) is 156 Å². The first-order chi connectivity index (χ1) is 24.1. The van der Waals surface area contributed by atoms with Gasteiger partial charge in [0.1, 0.15) is 0 Å². The van der Waals surface area contributed by atoms with Crippen molar-refractivity contribution in [2.45, 2.75) is 12.8 Å². The first kappa shape index (κ1) is 28.6. The standard InChI is InChI=1S/C45H30N4/c1-29-32(28-47)22-30(27-46)23-37(29)39-26-45-41(36-17-9-11-19-43(36)49(45)34-14-6-3-7-15-34)25-38(39)31-20-21-44-40(24-31)35-16-8-10-18-42(35)48(44)33-12-4-2-5-13-33/h2-26,29,37H,1H3. The van der Waals surface area contributed by atoms with E-state index in [0.29, 0.717) is 11.1 Å². The Morgan fingerprint density at radius 3 is 1.69 bits per heavy atom. The van der Waals surface area contributed by atoms with Crippen LogP contribution in [0.3, 0.4) is 0 Å². The second kappa shape index (κ2) is 11.3. The molecule has 1 aliphatic rings. The predicted octanol–water partition coefficient (Wildman–Crippen LogP) is 11.2. The molecule has 0 fully saturated rings. The van der Waals surface area contributed by atoms with Crippen LogP contribution < -0.4 is 0 Å². The van der Waals surface area contributed by atoms with Gasteiger partial charge in [-0.05, 0) is 83.4 Å². The fourth-order valence-corrected chi connectivity index (χ4v) is 7.85. The molecule has 0 radical (unpaired) electrons. The molecule has 0 aliphatic heterocycles. The molecule has 1 aliphatic carbocycles. The van der Waals surface area contributed by atoms with Gasteiger partial charge in [-0.15, -0.1) is 0 Å². The monoisotopic (exact) mass is 626 g/mol.